The van der Waals surface area contributed by atoms with Crippen LogP contribution in [0, 0.1) is 6.92 Å². The molecule has 0 atom stereocenters. The maximum Gasteiger partial charge on any atom is 0.0786 e. The van der Waals surface area contributed by atoms with Crippen LogP contribution in [0.4, 0.5) is 11.4 Å². The van der Waals surface area contributed by atoms with E-state index in [9.17, 15) is 0 Å². The van der Waals surface area contributed by atoms with Gasteiger partial charge in [0.25, 0.3) is 0 Å². The highest BCUT2D eigenvalue weighted by Gasteiger charge is 2.22. The highest BCUT2D eigenvalue weighted by molar-refractivity contribution is 5.81. The predicted octanol–water partition coefficient (Wildman–Crippen LogP) is 4.84. The Labute approximate surface area is 166 Å². The van der Waals surface area contributed by atoms with Gasteiger partial charge in [-0.05, 0) is 50.1 Å². The Morgan fingerprint density at radius 1 is 1.04 bits per heavy atom. The van der Waals surface area contributed by atoms with Crippen LogP contribution in [0.3, 0.4) is 0 Å². The number of nitrogens with one attached hydrogen (secondary N) is 2. The minimum absolute atomic E-state index is 0.373. The minimum Gasteiger partial charge on any atom is -0.383 e. The maximum atomic E-state index is 5.34. The molecule has 0 saturated carbocycles. The SMILES string of the molecule is COCCn1cc(-c2ccccc2C)cc1-c1ccc2c(c1)NNN2C(C)C. The fourth-order valence-electron chi connectivity index (χ4n) is 3.77. The molecule has 4 rings (SSSR count). The van der Waals surface area contributed by atoms with E-state index in [1.165, 1.54) is 33.6 Å². The van der Waals surface area contributed by atoms with Crippen molar-refractivity contribution < 1.29 is 4.74 Å². The molecule has 1 aromatic heterocycles. The first-order valence-electron chi connectivity index (χ1n) is 9.79. The van der Waals surface area contributed by atoms with E-state index < -0.39 is 0 Å². The molecule has 1 aliphatic heterocycles. The number of nitrogens with zero attached hydrogens (tertiary/aromatic N) is 2. The van der Waals surface area contributed by atoms with Crippen molar-refractivity contribution in [1.29, 1.82) is 0 Å². The monoisotopic (exact) mass is 376 g/mol. The summed E-state index contributed by atoms with van der Waals surface area (Å²) in [4.78, 5) is 0. The summed E-state index contributed by atoms with van der Waals surface area (Å²) in [6, 6.07) is 17.8. The van der Waals surface area contributed by atoms with Crippen molar-refractivity contribution in [3.8, 4) is 22.4 Å². The topological polar surface area (TPSA) is 41.5 Å². The van der Waals surface area contributed by atoms with E-state index in [0.717, 1.165) is 12.2 Å². The smallest absolute Gasteiger partial charge is 0.0786 e. The van der Waals surface area contributed by atoms with Gasteiger partial charge in [0, 0.05) is 42.7 Å². The van der Waals surface area contributed by atoms with Crippen molar-refractivity contribution >= 4 is 11.4 Å². The largest absolute Gasteiger partial charge is 0.383 e. The van der Waals surface area contributed by atoms with Crippen molar-refractivity contribution in [3.63, 3.8) is 0 Å². The highest BCUT2D eigenvalue weighted by atomic mass is 16.5. The molecule has 5 nitrogen and oxygen atoms in total. The lowest BCUT2D eigenvalue weighted by Crippen LogP contribution is -2.41. The zero-order chi connectivity index (χ0) is 19.7. The molecule has 0 unspecified atom stereocenters. The van der Waals surface area contributed by atoms with Crippen molar-refractivity contribution in [3.05, 3.63) is 60.3 Å². The van der Waals surface area contributed by atoms with E-state index in [1.807, 2.05) is 0 Å². The van der Waals surface area contributed by atoms with Crippen LogP contribution in [-0.2, 0) is 11.3 Å². The Hall–Kier alpha value is -2.76. The molecule has 2 aromatic carbocycles. The van der Waals surface area contributed by atoms with Crippen LogP contribution in [0.15, 0.2) is 54.7 Å². The molecule has 2 N–H and O–H groups in total. The Morgan fingerprint density at radius 2 is 1.86 bits per heavy atom. The molecule has 2 heterocycles. The molecular formula is C23H28N4O. The molecule has 0 spiro atoms. The number of fused-ring (bicyclic) bond motifs is 1. The van der Waals surface area contributed by atoms with E-state index in [1.54, 1.807) is 7.11 Å². The molecule has 0 saturated heterocycles. The number of aromatic nitrogens is 1. The van der Waals surface area contributed by atoms with Gasteiger partial charge in [-0.25, -0.2) is 0 Å². The van der Waals surface area contributed by atoms with Gasteiger partial charge < -0.3 is 14.7 Å². The zero-order valence-corrected chi connectivity index (χ0v) is 17.0. The van der Waals surface area contributed by atoms with Crippen LogP contribution in [0.25, 0.3) is 22.4 Å². The molecular weight excluding hydrogens is 348 g/mol. The maximum absolute atomic E-state index is 5.34. The number of aryl methyl sites for hydroxylation is 1. The van der Waals surface area contributed by atoms with Gasteiger partial charge >= 0.3 is 0 Å². The summed E-state index contributed by atoms with van der Waals surface area (Å²) >= 11 is 0. The molecule has 28 heavy (non-hydrogen) atoms. The lowest BCUT2D eigenvalue weighted by molar-refractivity contribution is 0.188. The Morgan fingerprint density at radius 3 is 2.61 bits per heavy atom. The summed E-state index contributed by atoms with van der Waals surface area (Å²) < 4.78 is 7.63. The molecule has 1 aliphatic rings. The standard InChI is InChI=1S/C23H28N4O/c1-16(2)27-22-10-9-18(13-21(22)24-25-27)23-14-19(15-26(23)11-12-28-4)20-8-6-5-7-17(20)3/h5-10,13-16,24-25H,11-12H2,1-4H3. The van der Waals surface area contributed by atoms with Crippen LogP contribution in [0.2, 0.25) is 0 Å². The number of benzene rings is 2. The number of methoxy groups -OCH3 is 1. The van der Waals surface area contributed by atoms with Crippen LogP contribution < -0.4 is 16.0 Å². The summed E-state index contributed by atoms with van der Waals surface area (Å²) in [7, 11) is 1.75. The number of anilines is 2. The van der Waals surface area contributed by atoms with E-state index in [0.29, 0.717) is 12.6 Å². The summed E-state index contributed by atoms with van der Waals surface area (Å²) in [5, 5.41) is 2.14. The second kappa shape index (κ2) is 7.70. The van der Waals surface area contributed by atoms with Crippen LogP contribution in [0.5, 0.6) is 0 Å². The van der Waals surface area contributed by atoms with Gasteiger partial charge in [0.15, 0.2) is 0 Å². The van der Waals surface area contributed by atoms with Crippen molar-refractivity contribution in [2.45, 2.75) is 33.4 Å². The predicted molar refractivity (Wildman–Crippen MR) is 116 cm³/mol. The van der Waals surface area contributed by atoms with Crippen molar-refractivity contribution in [2.75, 3.05) is 24.2 Å². The molecule has 5 heteroatoms. The van der Waals surface area contributed by atoms with Gasteiger partial charge in [0.1, 0.15) is 0 Å². The molecule has 0 fully saturated rings. The third-order valence-corrected chi connectivity index (χ3v) is 5.27. The summed E-state index contributed by atoms with van der Waals surface area (Å²) in [6.45, 7) is 8.00. The zero-order valence-electron chi connectivity index (χ0n) is 17.0. The van der Waals surface area contributed by atoms with Gasteiger partial charge in [-0.2, -0.15) is 0 Å². The average Bonchev–Trinajstić information content (AvgIpc) is 3.30. The summed E-state index contributed by atoms with van der Waals surface area (Å²) in [5.74, 6) is 0. The number of ether oxygens (including phenoxy) is 1. The van der Waals surface area contributed by atoms with Gasteiger partial charge in [0.2, 0.25) is 0 Å². The van der Waals surface area contributed by atoms with Gasteiger partial charge in [-0.1, -0.05) is 30.3 Å². The molecule has 0 aliphatic carbocycles. The number of hydrogen-bond acceptors (Lipinski definition) is 4. The molecule has 146 valence electrons. The van der Waals surface area contributed by atoms with Crippen molar-refractivity contribution in [1.82, 2.24) is 10.1 Å². The van der Waals surface area contributed by atoms with E-state index in [2.05, 4.69) is 96.0 Å². The van der Waals surface area contributed by atoms with Crippen LogP contribution in [-0.4, -0.2) is 24.3 Å². The third-order valence-electron chi connectivity index (χ3n) is 5.27. The van der Waals surface area contributed by atoms with Crippen LogP contribution >= 0.6 is 0 Å². The Kier molecular flexibility index (Phi) is 5.11. The van der Waals surface area contributed by atoms with Crippen molar-refractivity contribution in [2.24, 2.45) is 0 Å². The Balaban J connectivity index is 1.76. The van der Waals surface area contributed by atoms with E-state index >= 15 is 0 Å². The summed E-state index contributed by atoms with van der Waals surface area (Å²) in [5.41, 5.74) is 15.0. The Bertz CT molecular complexity index is 976. The lowest BCUT2D eigenvalue weighted by Gasteiger charge is -2.22. The first kappa shape index (κ1) is 18.6. The summed E-state index contributed by atoms with van der Waals surface area (Å²) in [6.07, 6.45) is 2.23. The third kappa shape index (κ3) is 3.39. The van der Waals surface area contributed by atoms with Gasteiger partial charge in [-0.3, -0.25) is 5.01 Å². The quantitative estimate of drug-likeness (QED) is 0.646. The normalized spacial score (nSPS) is 13.1. The lowest BCUT2D eigenvalue weighted by atomic mass is 10.0. The molecule has 0 bridgehead atoms. The van der Waals surface area contributed by atoms with Crippen LogP contribution in [0.1, 0.15) is 19.4 Å². The fraction of sp³-hybridized carbons (Fsp3) is 0.304. The second-order valence-corrected chi connectivity index (χ2v) is 7.55. The van der Waals surface area contributed by atoms with Gasteiger partial charge in [-0.15, -0.1) is 5.53 Å². The number of hydrazine groups is 2. The molecule has 3 aromatic rings. The highest BCUT2D eigenvalue weighted by Crippen LogP contribution is 2.36. The first-order valence-corrected chi connectivity index (χ1v) is 9.79. The second-order valence-electron chi connectivity index (χ2n) is 7.55. The van der Waals surface area contributed by atoms with E-state index in [-0.39, 0.29) is 0 Å². The van der Waals surface area contributed by atoms with Gasteiger partial charge in [0.05, 0.1) is 18.0 Å². The number of rotatable bonds is 6. The van der Waals surface area contributed by atoms with E-state index in [4.69, 9.17) is 4.74 Å². The molecule has 0 amide bonds. The number of hydrogen-bond donors (Lipinski definition) is 2. The minimum atomic E-state index is 0.373. The molecule has 0 radical (unpaired) electrons. The average molecular weight is 377 g/mol. The fourth-order valence-corrected chi connectivity index (χ4v) is 3.77. The first-order chi connectivity index (χ1) is 13.6.